The van der Waals surface area contributed by atoms with Crippen LogP contribution >= 0.6 is 0 Å². The topological polar surface area (TPSA) is 97.7 Å². The third-order valence-electron chi connectivity index (χ3n) is 6.61. The molecule has 1 aromatic heterocycles. The minimum atomic E-state index is -3.29. The lowest BCUT2D eigenvalue weighted by Gasteiger charge is -2.32. The van der Waals surface area contributed by atoms with E-state index in [1.807, 2.05) is 0 Å². The van der Waals surface area contributed by atoms with Gasteiger partial charge in [0.2, 0.25) is 5.91 Å². The van der Waals surface area contributed by atoms with Crippen molar-refractivity contribution in [2.45, 2.75) is 62.0 Å². The van der Waals surface area contributed by atoms with E-state index >= 15 is 0 Å². The molecule has 0 radical (unpaired) electrons. The molecule has 1 N–H and O–H groups in total. The van der Waals surface area contributed by atoms with Crippen LogP contribution in [-0.4, -0.2) is 61.8 Å². The number of piperidine rings is 1. The normalized spacial score (nSPS) is 18.5. The largest absolute Gasteiger partial charge is 0.490 e. The van der Waals surface area contributed by atoms with Crippen molar-refractivity contribution in [1.82, 2.24) is 14.8 Å². The molecular weight excluding hydrogens is 454 g/mol. The number of nitrogens with zero attached hydrogens (tertiary/aromatic N) is 2. The zero-order valence-electron chi connectivity index (χ0n) is 19.6. The molecule has 2 fully saturated rings. The van der Waals surface area contributed by atoms with Gasteiger partial charge in [0, 0.05) is 43.3 Å². The number of ether oxygens (including phenoxy) is 1. The fraction of sp³-hybridized carbons (Fsp3) is 0.520. The number of aromatic nitrogens is 1. The number of carbonyl (C=O) groups excluding carboxylic acids is 1. The van der Waals surface area contributed by atoms with E-state index in [-0.39, 0.29) is 22.5 Å². The number of pyridine rings is 1. The van der Waals surface area contributed by atoms with Crippen molar-refractivity contribution in [1.29, 1.82) is 0 Å². The van der Waals surface area contributed by atoms with Gasteiger partial charge < -0.3 is 10.1 Å². The molecule has 0 unspecified atom stereocenters. The minimum absolute atomic E-state index is 0.00181. The lowest BCUT2D eigenvalue weighted by Crippen LogP contribution is -2.46. The Labute approximate surface area is 200 Å². The first-order valence-electron chi connectivity index (χ1n) is 12.0. The van der Waals surface area contributed by atoms with E-state index < -0.39 is 9.84 Å². The predicted octanol–water partition coefficient (Wildman–Crippen LogP) is 2.53. The minimum Gasteiger partial charge on any atom is -0.490 e. The summed E-state index contributed by atoms with van der Waals surface area (Å²) in [5.74, 6) is 0.627. The number of benzene rings is 1. The number of sulfone groups is 1. The zero-order valence-corrected chi connectivity index (χ0v) is 20.4. The van der Waals surface area contributed by atoms with Crippen LogP contribution in [0.2, 0.25) is 0 Å². The second-order valence-corrected chi connectivity index (χ2v) is 11.3. The summed E-state index contributed by atoms with van der Waals surface area (Å²) in [6.07, 6.45) is 10.2. The van der Waals surface area contributed by atoms with Crippen LogP contribution in [0.3, 0.4) is 0 Å². The van der Waals surface area contributed by atoms with Crippen LogP contribution in [0, 0.1) is 0 Å². The molecule has 2 aromatic rings. The van der Waals surface area contributed by atoms with Crippen molar-refractivity contribution in [2.75, 3.05) is 25.9 Å². The van der Waals surface area contributed by atoms with Crippen LogP contribution in [-0.2, 0) is 14.6 Å². The number of rotatable bonds is 7. The van der Waals surface area contributed by atoms with Crippen LogP contribution in [0.15, 0.2) is 52.3 Å². The molecule has 2 heterocycles. The van der Waals surface area contributed by atoms with E-state index in [1.165, 1.54) is 42.0 Å². The van der Waals surface area contributed by atoms with Gasteiger partial charge in [-0.15, -0.1) is 0 Å². The molecule has 0 atom stereocenters. The molecule has 0 spiro atoms. The van der Waals surface area contributed by atoms with Crippen molar-refractivity contribution in [2.24, 2.45) is 0 Å². The first-order chi connectivity index (χ1) is 16.3. The van der Waals surface area contributed by atoms with Crippen molar-refractivity contribution >= 4 is 15.7 Å². The van der Waals surface area contributed by atoms with Gasteiger partial charge in [0.05, 0.1) is 11.4 Å². The Bertz CT molecular complexity index is 1150. The van der Waals surface area contributed by atoms with Crippen LogP contribution < -0.4 is 15.6 Å². The standard InChI is InChI=1S/C25H33N3O5S/c1-34(31,32)23-9-7-20(8-10-23)28-16-13-22(17-25(28)30)33-21-11-14-27(15-12-21)18-24(29)26-19-5-3-2-4-6-19/h7-10,13,16-17,19,21H,2-6,11-12,14-15,18H2,1H3,(H,26,29). The highest BCUT2D eigenvalue weighted by atomic mass is 32.2. The highest BCUT2D eigenvalue weighted by Gasteiger charge is 2.23. The monoisotopic (exact) mass is 487 g/mol. The molecule has 1 saturated carbocycles. The lowest BCUT2D eigenvalue weighted by molar-refractivity contribution is -0.123. The molecular formula is C25H33N3O5S. The Morgan fingerprint density at radius 1 is 1.03 bits per heavy atom. The lowest BCUT2D eigenvalue weighted by atomic mass is 9.95. The van der Waals surface area contributed by atoms with E-state index in [1.54, 1.807) is 24.4 Å². The summed E-state index contributed by atoms with van der Waals surface area (Å²) in [6.45, 7) is 2.00. The quantitative estimate of drug-likeness (QED) is 0.645. The fourth-order valence-electron chi connectivity index (χ4n) is 4.70. The van der Waals surface area contributed by atoms with E-state index in [0.717, 1.165) is 45.0 Å². The van der Waals surface area contributed by atoms with E-state index in [9.17, 15) is 18.0 Å². The SMILES string of the molecule is CS(=O)(=O)c1ccc(-n2ccc(OC3CCN(CC(=O)NC4CCCCC4)CC3)cc2=O)cc1. The fourth-order valence-corrected chi connectivity index (χ4v) is 5.33. The number of nitrogens with one attached hydrogen (secondary N) is 1. The smallest absolute Gasteiger partial charge is 0.258 e. The van der Waals surface area contributed by atoms with Crippen LogP contribution in [0.4, 0.5) is 0 Å². The van der Waals surface area contributed by atoms with Crippen LogP contribution in [0.25, 0.3) is 5.69 Å². The Morgan fingerprint density at radius 2 is 1.71 bits per heavy atom. The first kappa shape index (κ1) is 24.5. The van der Waals surface area contributed by atoms with Gasteiger partial charge in [-0.2, -0.15) is 0 Å². The van der Waals surface area contributed by atoms with E-state index in [0.29, 0.717) is 24.0 Å². The molecule has 1 saturated heterocycles. The highest BCUT2D eigenvalue weighted by Crippen LogP contribution is 2.20. The number of likely N-dealkylation sites (tertiary alicyclic amines) is 1. The van der Waals surface area contributed by atoms with Gasteiger partial charge in [0.15, 0.2) is 9.84 Å². The van der Waals surface area contributed by atoms with Gasteiger partial charge in [0.25, 0.3) is 5.56 Å². The second-order valence-electron chi connectivity index (χ2n) is 9.33. The van der Waals surface area contributed by atoms with Gasteiger partial charge in [0.1, 0.15) is 11.9 Å². The van der Waals surface area contributed by atoms with E-state index in [2.05, 4.69) is 10.2 Å². The maximum atomic E-state index is 12.6. The van der Waals surface area contributed by atoms with E-state index in [4.69, 9.17) is 4.74 Å². The van der Waals surface area contributed by atoms with Crippen molar-refractivity contribution < 1.29 is 17.9 Å². The molecule has 1 aliphatic carbocycles. The van der Waals surface area contributed by atoms with Crippen LogP contribution in [0.1, 0.15) is 44.9 Å². The first-order valence-corrected chi connectivity index (χ1v) is 13.9. The molecule has 184 valence electrons. The third-order valence-corrected chi connectivity index (χ3v) is 7.74. The Morgan fingerprint density at radius 3 is 2.32 bits per heavy atom. The molecule has 2 aliphatic rings. The number of hydrogen-bond donors (Lipinski definition) is 1. The molecule has 0 bridgehead atoms. The number of amides is 1. The predicted molar refractivity (Wildman–Crippen MR) is 130 cm³/mol. The summed E-state index contributed by atoms with van der Waals surface area (Å²) < 4.78 is 30.8. The van der Waals surface area contributed by atoms with Crippen molar-refractivity contribution in [3.63, 3.8) is 0 Å². The summed E-state index contributed by atoms with van der Waals surface area (Å²) >= 11 is 0. The zero-order chi connectivity index (χ0) is 24.1. The van der Waals surface area contributed by atoms with Gasteiger partial charge in [-0.05, 0) is 56.0 Å². The second kappa shape index (κ2) is 10.7. The summed E-state index contributed by atoms with van der Waals surface area (Å²) in [5.41, 5.74) is 0.338. The summed E-state index contributed by atoms with van der Waals surface area (Å²) in [4.78, 5) is 27.3. The molecule has 34 heavy (non-hydrogen) atoms. The summed E-state index contributed by atoms with van der Waals surface area (Å²) in [7, 11) is -3.29. The molecule has 8 nitrogen and oxygen atoms in total. The molecule has 1 aliphatic heterocycles. The van der Waals surface area contributed by atoms with Crippen LogP contribution in [0.5, 0.6) is 5.75 Å². The van der Waals surface area contributed by atoms with Gasteiger partial charge in [-0.3, -0.25) is 19.1 Å². The van der Waals surface area contributed by atoms with Gasteiger partial charge in [-0.1, -0.05) is 19.3 Å². The molecule has 1 aromatic carbocycles. The Kier molecular flexibility index (Phi) is 7.73. The van der Waals surface area contributed by atoms with Gasteiger partial charge in [-0.25, -0.2) is 8.42 Å². The number of carbonyl (C=O) groups is 1. The number of hydrogen-bond acceptors (Lipinski definition) is 6. The average molecular weight is 488 g/mol. The maximum Gasteiger partial charge on any atom is 0.258 e. The summed E-state index contributed by atoms with van der Waals surface area (Å²) in [6, 6.07) is 9.73. The average Bonchev–Trinajstić information content (AvgIpc) is 2.81. The summed E-state index contributed by atoms with van der Waals surface area (Å²) in [5, 5.41) is 3.17. The Balaban J connectivity index is 1.27. The maximum absolute atomic E-state index is 12.6. The Hall–Kier alpha value is -2.65. The molecule has 4 rings (SSSR count). The third kappa shape index (κ3) is 6.48. The van der Waals surface area contributed by atoms with Crippen molar-refractivity contribution in [3.05, 3.63) is 52.9 Å². The molecule has 9 heteroatoms. The highest BCUT2D eigenvalue weighted by molar-refractivity contribution is 7.90. The molecule has 1 amide bonds. The van der Waals surface area contributed by atoms with Gasteiger partial charge >= 0.3 is 0 Å². The van der Waals surface area contributed by atoms with Crippen molar-refractivity contribution in [3.8, 4) is 11.4 Å².